The Morgan fingerprint density at radius 2 is 1.28 bits per heavy atom. The number of nitrogens with one attached hydrogen (secondary N) is 2. The monoisotopic (exact) mass is 648 g/mol. The molecule has 6 aromatic rings. The first kappa shape index (κ1) is 30.5. The highest BCUT2D eigenvalue weighted by Gasteiger charge is 2.48. The predicted molar refractivity (Wildman–Crippen MR) is 204 cm³/mol. The molecule has 9 rings (SSSR count). The molecule has 2 unspecified atom stereocenters. The first-order valence-electron chi connectivity index (χ1n) is 17.7. The Bertz CT molecular complexity index is 2150. The van der Waals surface area contributed by atoms with E-state index in [0.717, 1.165) is 18.7 Å². The standard InChI is InChI=1S/C46H40N4/c1-33-17-16-22-36(31-33)43-42(47-50-45(35-20-8-3-9-21-35)49(48-50)32-34-18-6-2-7-19-34)30-29-41-44(43)39-27-14-15-28-40(39)46(41,37-23-10-4-11-24-37)38-25-12-5-13-26-38/h2-30,33,45,47-48H,31-32H2,1H3. The molecule has 6 aromatic carbocycles. The fourth-order valence-electron chi connectivity index (χ4n) is 8.39. The summed E-state index contributed by atoms with van der Waals surface area (Å²) in [5.41, 5.74) is 21.1. The number of rotatable bonds is 8. The summed E-state index contributed by atoms with van der Waals surface area (Å²) in [5, 5.41) is 4.45. The molecular weight excluding hydrogens is 609 g/mol. The zero-order chi connectivity index (χ0) is 33.5. The predicted octanol–water partition coefficient (Wildman–Crippen LogP) is 10.3. The van der Waals surface area contributed by atoms with Gasteiger partial charge in [-0.05, 0) is 68.5 Å². The molecule has 0 bridgehead atoms. The Morgan fingerprint density at radius 1 is 0.660 bits per heavy atom. The van der Waals surface area contributed by atoms with E-state index >= 15 is 0 Å². The summed E-state index contributed by atoms with van der Waals surface area (Å²) in [6.45, 7) is 3.10. The minimum absolute atomic E-state index is 0.00307. The van der Waals surface area contributed by atoms with Gasteiger partial charge in [-0.2, -0.15) is 10.5 Å². The van der Waals surface area contributed by atoms with Gasteiger partial charge in [-0.15, -0.1) is 5.12 Å². The van der Waals surface area contributed by atoms with Crippen LogP contribution in [0, 0.1) is 5.92 Å². The van der Waals surface area contributed by atoms with Crippen LogP contribution in [0.5, 0.6) is 0 Å². The van der Waals surface area contributed by atoms with Gasteiger partial charge in [0.05, 0.1) is 11.1 Å². The topological polar surface area (TPSA) is 30.5 Å². The Kier molecular flexibility index (Phi) is 7.78. The first-order valence-corrected chi connectivity index (χ1v) is 17.7. The van der Waals surface area contributed by atoms with Gasteiger partial charge in [0.25, 0.3) is 0 Å². The largest absolute Gasteiger partial charge is 0.302 e. The lowest BCUT2D eigenvalue weighted by atomic mass is 9.67. The lowest BCUT2D eigenvalue weighted by Crippen LogP contribution is -2.68. The van der Waals surface area contributed by atoms with Crippen molar-refractivity contribution in [2.45, 2.75) is 31.5 Å². The summed E-state index contributed by atoms with van der Waals surface area (Å²) < 4.78 is 0. The van der Waals surface area contributed by atoms with Crippen LogP contribution in [0.25, 0.3) is 16.7 Å². The summed E-state index contributed by atoms with van der Waals surface area (Å²) in [4.78, 5) is 0. The number of nitrogens with zero attached hydrogens (tertiary/aromatic N) is 2. The highest BCUT2D eigenvalue weighted by atomic mass is 16.0. The van der Waals surface area contributed by atoms with Gasteiger partial charge in [-0.3, -0.25) is 0 Å². The average molecular weight is 649 g/mol. The van der Waals surface area contributed by atoms with Gasteiger partial charge in [0, 0.05) is 12.1 Å². The van der Waals surface area contributed by atoms with Crippen LogP contribution in [0.1, 0.15) is 58.5 Å². The molecule has 1 fully saturated rings. The van der Waals surface area contributed by atoms with Gasteiger partial charge in [0.2, 0.25) is 0 Å². The maximum atomic E-state index is 3.91. The third-order valence-electron chi connectivity index (χ3n) is 10.5. The number of allylic oxidation sites excluding steroid dienone is 4. The second-order valence-corrected chi connectivity index (χ2v) is 13.7. The molecule has 1 aliphatic heterocycles. The van der Waals surface area contributed by atoms with Gasteiger partial charge in [-0.25, -0.2) is 0 Å². The normalized spacial score (nSPS) is 19.3. The summed E-state index contributed by atoms with van der Waals surface area (Å²) in [6, 6.07) is 57.3. The van der Waals surface area contributed by atoms with Crippen molar-refractivity contribution in [3.05, 3.63) is 215 Å². The molecule has 2 atom stereocenters. The highest BCUT2D eigenvalue weighted by Crippen LogP contribution is 2.59. The van der Waals surface area contributed by atoms with Crippen molar-refractivity contribution in [1.82, 2.24) is 15.7 Å². The van der Waals surface area contributed by atoms with E-state index in [1.54, 1.807) is 0 Å². The summed E-state index contributed by atoms with van der Waals surface area (Å²) in [5.74, 6) is 0.448. The van der Waals surface area contributed by atoms with Crippen LogP contribution in [0.3, 0.4) is 0 Å². The van der Waals surface area contributed by atoms with Crippen molar-refractivity contribution in [2.24, 2.45) is 5.92 Å². The lowest BCUT2D eigenvalue weighted by Gasteiger charge is -2.51. The molecule has 0 radical (unpaired) electrons. The Labute approximate surface area is 294 Å². The highest BCUT2D eigenvalue weighted by molar-refractivity contribution is 5.98. The molecule has 0 amide bonds. The van der Waals surface area contributed by atoms with E-state index in [0.29, 0.717) is 5.92 Å². The number of hydrogen-bond donors (Lipinski definition) is 2. The minimum Gasteiger partial charge on any atom is -0.302 e. The van der Waals surface area contributed by atoms with E-state index in [-0.39, 0.29) is 6.17 Å². The Morgan fingerprint density at radius 3 is 1.96 bits per heavy atom. The molecule has 2 aliphatic carbocycles. The van der Waals surface area contributed by atoms with Crippen molar-refractivity contribution >= 4 is 11.3 Å². The SMILES string of the molecule is CC1C=CC=C(c2c(NN3NN(Cc4ccccc4)C3c3ccccc3)ccc3c2-c2ccccc2C3(c2ccccc2)c2ccccc2)C1. The van der Waals surface area contributed by atoms with Gasteiger partial charge in [-0.1, -0.05) is 177 Å². The fraction of sp³-hybridized carbons (Fsp3) is 0.130. The first-order chi connectivity index (χ1) is 24.7. The summed E-state index contributed by atoms with van der Waals surface area (Å²) in [7, 11) is 0. The number of fused-ring (bicyclic) bond motifs is 3. The molecule has 4 nitrogen and oxygen atoms in total. The zero-order valence-corrected chi connectivity index (χ0v) is 28.2. The lowest BCUT2D eigenvalue weighted by molar-refractivity contribution is -0.194. The molecular formula is C46H40N4. The molecule has 3 aliphatic rings. The third-order valence-corrected chi connectivity index (χ3v) is 10.5. The molecule has 2 N–H and O–H groups in total. The van der Waals surface area contributed by atoms with Crippen molar-refractivity contribution in [3.63, 3.8) is 0 Å². The minimum atomic E-state index is -0.452. The van der Waals surface area contributed by atoms with Crippen LogP contribution in [0.15, 0.2) is 176 Å². The van der Waals surface area contributed by atoms with Crippen molar-refractivity contribution in [2.75, 3.05) is 5.43 Å². The molecule has 1 heterocycles. The van der Waals surface area contributed by atoms with Gasteiger partial charge >= 0.3 is 0 Å². The van der Waals surface area contributed by atoms with E-state index in [1.807, 2.05) is 0 Å². The van der Waals surface area contributed by atoms with Gasteiger partial charge in [0.15, 0.2) is 0 Å². The zero-order valence-electron chi connectivity index (χ0n) is 28.2. The van der Waals surface area contributed by atoms with Crippen LogP contribution in [-0.4, -0.2) is 10.1 Å². The van der Waals surface area contributed by atoms with Crippen LogP contribution in [-0.2, 0) is 12.0 Å². The maximum absolute atomic E-state index is 3.91. The Hall–Kier alpha value is -5.52. The molecule has 244 valence electrons. The van der Waals surface area contributed by atoms with Gasteiger partial charge < -0.3 is 5.43 Å². The number of hydrogen-bond acceptors (Lipinski definition) is 4. The number of hydrazine groups is 3. The van der Waals surface area contributed by atoms with E-state index in [4.69, 9.17) is 0 Å². The van der Waals surface area contributed by atoms with E-state index in [2.05, 4.69) is 204 Å². The maximum Gasteiger partial charge on any atom is 0.138 e. The van der Waals surface area contributed by atoms with Crippen LogP contribution < -0.4 is 11.0 Å². The molecule has 4 heteroatoms. The van der Waals surface area contributed by atoms with Gasteiger partial charge in [0.1, 0.15) is 6.17 Å². The van der Waals surface area contributed by atoms with Crippen LogP contribution >= 0.6 is 0 Å². The van der Waals surface area contributed by atoms with Crippen molar-refractivity contribution in [3.8, 4) is 11.1 Å². The molecule has 1 saturated heterocycles. The summed E-state index contributed by atoms with van der Waals surface area (Å²) in [6.07, 6.45) is 7.86. The molecule has 50 heavy (non-hydrogen) atoms. The third kappa shape index (κ3) is 5.04. The average Bonchev–Trinajstić information content (AvgIpc) is 3.47. The van der Waals surface area contributed by atoms with Crippen LogP contribution in [0.2, 0.25) is 0 Å². The fourth-order valence-corrected chi connectivity index (χ4v) is 8.39. The van der Waals surface area contributed by atoms with Crippen LogP contribution in [0.4, 0.5) is 5.69 Å². The quantitative estimate of drug-likeness (QED) is 0.172. The second-order valence-electron chi connectivity index (χ2n) is 13.7. The second kappa shape index (κ2) is 12.7. The smallest absolute Gasteiger partial charge is 0.138 e. The van der Waals surface area contributed by atoms with E-state index in [1.165, 1.54) is 55.6 Å². The van der Waals surface area contributed by atoms with Crippen molar-refractivity contribution in [1.29, 1.82) is 0 Å². The van der Waals surface area contributed by atoms with E-state index < -0.39 is 5.41 Å². The summed E-state index contributed by atoms with van der Waals surface area (Å²) >= 11 is 0. The Balaban J connectivity index is 1.22. The molecule has 0 saturated carbocycles. The number of benzene rings is 6. The number of anilines is 1. The van der Waals surface area contributed by atoms with E-state index in [9.17, 15) is 0 Å². The van der Waals surface area contributed by atoms with Crippen molar-refractivity contribution < 1.29 is 0 Å². The molecule has 0 aromatic heterocycles. The molecule has 0 spiro atoms.